The zero-order valence-electron chi connectivity index (χ0n) is 5.89. The average molecular weight is 141 g/mol. The van der Waals surface area contributed by atoms with Gasteiger partial charge >= 0.3 is 0 Å². The van der Waals surface area contributed by atoms with Crippen LogP contribution in [0.1, 0.15) is 26.2 Å². The van der Waals surface area contributed by atoms with Crippen molar-refractivity contribution in [3.05, 3.63) is 5.75 Å². The van der Waals surface area contributed by atoms with Crippen molar-refractivity contribution in [1.82, 2.24) is 0 Å². The van der Waals surface area contributed by atoms with E-state index in [1.54, 1.807) is 0 Å². The molecule has 0 aliphatic carbocycles. The van der Waals surface area contributed by atoms with Gasteiger partial charge in [-0.2, -0.15) is 11.8 Å². The number of rotatable bonds is 5. The third-order valence-electron chi connectivity index (χ3n) is 1.000. The highest BCUT2D eigenvalue weighted by Gasteiger charge is 1.84. The smallest absolute Gasteiger partial charge is 0.0135 e. The molecule has 0 aliphatic rings. The number of hydrogen-bond acceptors (Lipinski definition) is 1. The van der Waals surface area contributed by atoms with E-state index in [0.717, 1.165) is 6.42 Å². The van der Waals surface area contributed by atoms with Crippen LogP contribution in [0.25, 0.3) is 0 Å². The highest BCUT2D eigenvalue weighted by molar-refractivity contribution is 8.01. The zero-order chi connectivity index (χ0) is 6.95. The fourth-order valence-corrected chi connectivity index (χ4v) is 1.14. The van der Waals surface area contributed by atoms with E-state index >= 15 is 0 Å². The molecule has 0 unspecified atom stereocenters. The Morgan fingerprint density at radius 1 is 1.56 bits per heavy atom. The largest absolute Gasteiger partial charge is 0.158 e. The summed E-state index contributed by atoms with van der Waals surface area (Å²) in [4.78, 5) is 0. The Morgan fingerprint density at radius 2 is 2.33 bits per heavy atom. The Balaban J connectivity index is 2.69. The molecule has 0 aromatic rings. The Bertz CT molecular complexity index is 81.1. The van der Waals surface area contributed by atoms with Crippen LogP contribution in [-0.4, -0.2) is 5.75 Å². The molecule has 0 aromatic heterocycles. The summed E-state index contributed by atoms with van der Waals surface area (Å²) in [5, 5.41) is 0. The van der Waals surface area contributed by atoms with E-state index in [-0.39, 0.29) is 0 Å². The molecule has 0 bridgehead atoms. The second-order valence-corrected chi connectivity index (χ2v) is 2.98. The first-order valence-corrected chi connectivity index (χ1v) is 4.29. The summed E-state index contributed by atoms with van der Waals surface area (Å²) in [6.45, 7) is 2.06. The highest BCUT2D eigenvalue weighted by atomic mass is 32.2. The van der Waals surface area contributed by atoms with Crippen molar-refractivity contribution in [1.29, 1.82) is 0 Å². The first-order valence-electron chi connectivity index (χ1n) is 3.24. The summed E-state index contributed by atoms with van der Waals surface area (Å²) < 4.78 is 0. The lowest BCUT2D eigenvalue weighted by molar-refractivity contribution is 0.838. The first kappa shape index (κ1) is 8.91. The third kappa shape index (κ3) is 7.91. The summed E-state index contributed by atoms with van der Waals surface area (Å²) in [6.07, 6.45) is 8.44. The van der Waals surface area contributed by atoms with Crippen molar-refractivity contribution in [2.24, 2.45) is 0 Å². The predicted molar refractivity (Wildman–Crippen MR) is 45.1 cm³/mol. The Kier molecular flexibility index (Phi) is 7.83. The fraction of sp³-hybridized carbons (Fsp3) is 0.625. The van der Waals surface area contributed by atoms with Crippen LogP contribution in [0.15, 0.2) is 0 Å². The van der Waals surface area contributed by atoms with E-state index < -0.39 is 0 Å². The molecule has 1 heteroatoms. The molecule has 9 heavy (non-hydrogen) atoms. The van der Waals surface area contributed by atoms with E-state index in [0.29, 0.717) is 0 Å². The SMILES string of the molecule is C#CCCCCS[CH]C. The molecule has 0 saturated carbocycles. The van der Waals surface area contributed by atoms with Gasteiger partial charge in [-0.05, 0) is 18.6 Å². The van der Waals surface area contributed by atoms with Crippen LogP contribution in [-0.2, 0) is 0 Å². The monoisotopic (exact) mass is 141 g/mol. The normalized spacial score (nSPS) is 8.89. The molecular weight excluding hydrogens is 128 g/mol. The van der Waals surface area contributed by atoms with Crippen LogP contribution in [0.5, 0.6) is 0 Å². The molecule has 0 nitrogen and oxygen atoms in total. The van der Waals surface area contributed by atoms with E-state index in [4.69, 9.17) is 6.42 Å². The van der Waals surface area contributed by atoms with Crippen molar-refractivity contribution in [2.75, 3.05) is 5.75 Å². The van der Waals surface area contributed by atoms with Crippen LogP contribution < -0.4 is 0 Å². The maximum atomic E-state index is 5.08. The van der Waals surface area contributed by atoms with Crippen LogP contribution in [0.3, 0.4) is 0 Å². The van der Waals surface area contributed by atoms with Crippen LogP contribution in [0.4, 0.5) is 0 Å². The van der Waals surface area contributed by atoms with E-state index in [1.807, 2.05) is 11.8 Å². The maximum Gasteiger partial charge on any atom is 0.0135 e. The standard InChI is InChI=1S/C8H13S/c1-3-5-6-7-8-9-4-2/h1,4H,5-8H2,2H3. The van der Waals surface area contributed by atoms with Gasteiger partial charge in [0.15, 0.2) is 0 Å². The van der Waals surface area contributed by atoms with Crippen molar-refractivity contribution < 1.29 is 0 Å². The van der Waals surface area contributed by atoms with Gasteiger partial charge in [0.25, 0.3) is 0 Å². The summed E-state index contributed by atoms with van der Waals surface area (Å²) in [7, 11) is 0. The topological polar surface area (TPSA) is 0 Å². The lowest BCUT2D eigenvalue weighted by Crippen LogP contribution is -1.77. The Morgan fingerprint density at radius 3 is 2.89 bits per heavy atom. The van der Waals surface area contributed by atoms with E-state index in [2.05, 4.69) is 18.6 Å². The van der Waals surface area contributed by atoms with Crippen molar-refractivity contribution in [2.45, 2.75) is 26.2 Å². The van der Waals surface area contributed by atoms with Gasteiger partial charge < -0.3 is 0 Å². The minimum atomic E-state index is 0.935. The molecule has 0 rings (SSSR count). The number of terminal acetylenes is 1. The van der Waals surface area contributed by atoms with Gasteiger partial charge in [-0.3, -0.25) is 0 Å². The molecule has 0 aromatic carbocycles. The molecule has 0 amide bonds. The Hall–Kier alpha value is -0.0900. The Labute approximate surface area is 62.4 Å². The second kappa shape index (κ2) is 7.91. The second-order valence-electron chi connectivity index (χ2n) is 1.77. The molecule has 0 saturated heterocycles. The van der Waals surface area contributed by atoms with Crippen LogP contribution >= 0.6 is 11.8 Å². The number of unbranched alkanes of at least 4 members (excludes halogenated alkanes) is 2. The molecule has 0 fully saturated rings. The number of thioether (sulfide) groups is 1. The summed E-state index contributed by atoms with van der Waals surface area (Å²) in [5.41, 5.74) is 0. The molecular formula is C8H13S. The van der Waals surface area contributed by atoms with E-state index in [9.17, 15) is 0 Å². The highest BCUT2D eigenvalue weighted by Crippen LogP contribution is 2.07. The molecule has 1 radical (unpaired) electrons. The minimum absolute atomic E-state index is 0.935. The van der Waals surface area contributed by atoms with Crippen molar-refractivity contribution in [3.63, 3.8) is 0 Å². The van der Waals surface area contributed by atoms with E-state index in [1.165, 1.54) is 18.6 Å². The third-order valence-corrected chi connectivity index (χ3v) is 1.86. The number of hydrogen-bond donors (Lipinski definition) is 0. The molecule has 0 heterocycles. The molecule has 51 valence electrons. The zero-order valence-corrected chi connectivity index (χ0v) is 6.71. The summed E-state index contributed by atoms with van der Waals surface area (Å²) in [6, 6.07) is 0. The van der Waals surface area contributed by atoms with Gasteiger partial charge in [0.05, 0.1) is 0 Å². The van der Waals surface area contributed by atoms with Gasteiger partial charge in [-0.1, -0.05) is 6.92 Å². The van der Waals surface area contributed by atoms with Crippen LogP contribution in [0, 0.1) is 18.1 Å². The fourth-order valence-electron chi connectivity index (χ4n) is 0.530. The summed E-state index contributed by atoms with van der Waals surface area (Å²) >= 11 is 1.86. The molecule has 0 atom stereocenters. The minimum Gasteiger partial charge on any atom is -0.158 e. The maximum absolute atomic E-state index is 5.08. The summed E-state index contributed by atoms with van der Waals surface area (Å²) in [5.74, 6) is 5.97. The van der Waals surface area contributed by atoms with Gasteiger partial charge in [-0.25, -0.2) is 0 Å². The average Bonchev–Trinajstić information content (AvgIpc) is 1.89. The quantitative estimate of drug-likeness (QED) is 0.419. The first-order chi connectivity index (χ1) is 4.41. The molecule has 0 spiro atoms. The van der Waals surface area contributed by atoms with Gasteiger partial charge in [0.2, 0.25) is 0 Å². The van der Waals surface area contributed by atoms with Gasteiger partial charge in [0, 0.05) is 12.2 Å². The molecule has 0 N–H and O–H groups in total. The lowest BCUT2D eigenvalue weighted by atomic mass is 10.3. The molecule has 0 aliphatic heterocycles. The van der Waals surface area contributed by atoms with Crippen molar-refractivity contribution >= 4 is 11.8 Å². The lowest BCUT2D eigenvalue weighted by Gasteiger charge is -1.93. The predicted octanol–water partition coefficient (Wildman–Crippen LogP) is 2.70. The van der Waals surface area contributed by atoms with Crippen molar-refractivity contribution in [3.8, 4) is 12.3 Å². The van der Waals surface area contributed by atoms with Crippen LogP contribution in [0.2, 0.25) is 0 Å². The van der Waals surface area contributed by atoms with Gasteiger partial charge in [0.1, 0.15) is 0 Å². The van der Waals surface area contributed by atoms with Gasteiger partial charge in [-0.15, -0.1) is 12.3 Å².